The van der Waals surface area contributed by atoms with E-state index >= 15 is 0 Å². The molecule has 21 heavy (non-hydrogen) atoms. The summed E-state index contributed by atoms with van der Waals surface area (Å²) >= 11 is 14.2. The average Bonchev–Trinajstić information content (AvgIpc) is 2.43. The fourth-order valence-corrected chi connectivity index (χ4v) is 2.31. The number of hydrogen-bond donors (Lipinski definition) is 2. The Labute approximate surface area is 141 Å². The zero-order valence-electron chi connectivity index (χ0n) is 10.9. The van der Waals surface area contributed by atoms with Crippen LogP contribution in [0.15, 0.2) is 46.9 Å². The number of carbonyl (C=O) groups excluding carboxylic acids is 1. The van der Waals surface area contributed by atoms with E-state index in [0.717, 1.165) is 15.6 Å². The normalized spacial score (nSPS) is 10.2. The number of rotatable bonds is 4. The maximum absolute atomic E-state index is 12.0. The number of amides is 1. The monoisotopic (exact) mass is 382 g/mol. The number of benzene rings is 2. The van der Waals surface area contributed by atoms with Gasteiger partial charge >= 0.3 is 0 Å². The Hall–Kier alpha value is -1.43. The van der Waals surface area contributed by atoms with Crippen molar-refractivity contribution >= 4 is 56.3 Å². The summed E-state index contributed by atoms with van der Waals surface area (Å²) in [7, 11) is 0. The molecule has 0 spiro atoms. The molecular weight excluding hydrogens is 372 g/mol. The molecular formula is C15H12BrClN2OS. The second kappa shape index (κ2) is 7.02. The third-order valence-corrected chi connectivity index (χ3v) is 4.27. The van der Waals surface area contributed by atoms with E-state index in [1.807, 2.05) is 12.1 Å². The minimum Gasteiger partial charge on any atom is -0.389 e. The number of hydrogen-bond acceptors (Lipinski definition) is 2. The molecule has 0 bridgehead atoms. The van der Waals surface area contributed by atoms with Crippen molar-refractivity contribution in [2.75, 3.05) is 5.32 Å². The third-order valence-electron chi connectivity index (χ3n) is 2.81. The largest absolute Gasteiger partial charge is 0.389 e. The number of thiocarbonyl (C=S) groups is 1. The van der Waals surface area contributed by atoms with Crippen molar-refractivity contribution < 1.29 is 4.79 Å². The van der Waals surface area contributed by atoms with E-state index in [0.29, 0.717) is 15.7 Å². The van der Waals surface area contributed by atoms with Gasteiger partial charge in [0.1, 0.15) is 4.99 Å². The minimum absolute atomic E-state index is 0.114. The lowest BCUT2D eigenvalue weighted by Crippen LogP contribution is -2.14. The lowest BCUT2D eigenvalue weighted by Gasteiger charge is -2.07. The highest BCUT2D eigenvalue weighted by Crippen LogP contribution is 2.25. The van der Waals surface area contributed by atoms with Crippen molar-refractivity contribution in [1.29, 1.82) is 0 Å². The van der Waals surface area contributed by atoms with Gasteiger partial charge < -0.3 is 11.1 Å². The summed E-state index contributed by atoms with van der Waals surface area (Å²) in [6.45, 7) is 0. The van der Waals surface area contributed by atoms with Crippen LogP contribution in [0, 0.1) is 0 Å². The SMILES string of the molecule is NC(=S)c1ccc(CC(=O)Nc2ccc(Br)c(Cl)c2)cc1. The first-order valence-electron chi connectivity index (χ1n) is 6.09. The first-order valence-corrected chi connectivity index (χ1v) is 7.67. The molecule has 0 aromatic heterocycles. The molecule has 2 aromatic rings. The molecule has 3 N–H and O–H groups in total. The van der Waals surface area contributed by atoms with Gasteiger partial charge in [-0.1, -0.05) is 48.1 Å². The molecule has 0 heterocycles. The molecule has 6 heteroatoms. The molecule has 0 atom stereocenters. The number of nitrogens with one attached hydrogen (secondary N) is 1. The van der Waals surface area contributed by atoms with Crippen LogP contribution in [0.3, 0.4) is 0 Å². The quantitative estimate of drug-likeness (QED) is 0.787. The third kappa shape index (κ3) is 4.52. The number of carbonyl (C=O) groups is 1. The number of halogens is 2. The fourth-order valence-electron chi connectivity index (χ4n) is 1.75. The van der Waals surface area contributed by atoms with E-state index in [1.54, 1.807) is 30.3 Å². The second-order valence-corrected chi connectivity index (χ2v) is 6.12. The van der Waals surface area contributed by atoms with E-state index in [-0.39, 0.29) is 12.3 Å². The number of nitrogens with two attached hydrogens (primary N) is 1. The molecule has 0 fully saturated rings. The van der Waals surface area contributed by atoms with Crippen LogP contribution in [0.25, 0.3) is 0 Å². The summed E-state index contributed by atoms with van der Waals surface area (Å²) < 4.78 is 0.788. The summed E-state index contributed by atoms with van der Waals surface area (Å²) in [5.74, 6) is -0.114. The molecule has 0 aliphatic heterocycles. The van der Waals surface area contributed by atoms with Gasteiger partial charge in [-0.15, -0.1) is 0 Å². The maximum atomic E-state index is 12.0. The van der Waals surface area contributed by atoms with Crippen molar-refractivity contribution in [2.45, 2.75) is 6.42 Å². The van der Waals surface area contributed by atoms with E-state index in [9.17, 15) is 4.79 Å². The Kier molecular flexibility index (Phi) is 5.33. The Morgan fingerprint density at radius 1 is 1.24 bits per heavy atom. The Balaban J connectivity index is 2.01. The van der Waals surface area contributed by atoms with Gasteiger partial charge in [0, 0.05) is 15.7 Å². The van der Waals surface area contributed by atoms with Crippen molar-refractivity contribution in [2.24, 2.45) is 5.73 Å². The van der Waals surface area contributed by atoms with Crippen LogP contribution in [-0.4, -0.2) is 10.9 Å². The van der Waals surface area contributed by atoms with Gasteiger partial charge in [-0.05, 0) is 39.7 Å². The Morgan fingerprint density at radius 3 is 2.48 bits per heavy atom. The van der Waals surface area contributed by atoms with Gasteiger partial charge in [0.25, 0.3) is 0 Å². The zero-order chi connectivity index (χ0) is 15.4. The van der Waals surface area contributed by atoms with E-state index in [2.05, 4.69) is 21.2 Å². The van der Waals surface area contributed by atoms with Gasteiger partial charge in [-0.3, -0.25) is 4.79 Å². The van der Waals surface area contributed by atoms with Crippen molar-refractivity contribution in [3.05, 3.63) is 63.1 Å². The lowest BCUT2D eigenvalue weighted by molar-refractivity contribution is -0.115. The molecule has 0 saturated carbocycles. The smallest absolute Gasteiger partial charge is 0.228 e. The number of anilines is 1. The van der Waals surface area contributed by atoms with Crippen LogP contribution in [0.2, 0.25) is 5.02 Å². The highest BCUT2D eigenvalue weighted by molar-refractivity contribution is 9.10. The van der Waals surface area contributed by atoms with Gasteiger partial charge in [0.15, 0.2) is 0 Å². The molecule has 2 aromatic carbocycles. The van der Waals surface area contributed by atoms with Gasteiger partial charge in [0.2, 0.25) is 5.91 Å². The summed E-state index contributed by atoms with van der Waals surface area (Å²) in [6.07, 6.45) is 0.269. The second-order valence-electron chi connectivity index (χ2n) is 4.42. The first kappa shape index (κ1) is 15.9. The fraction of sp³-hybridized carbons (Fsp3) is 0.0667. The Bertz CT molecular complexity index is 689. The van der Waals surface area contributed by atoms with Gasteiger partial charge in [0.05, 0.1) is 11.4 Å². The molecule has 0 unspecified atom stereocenters. The van der Waals surface area contributed by atoms with Crippen LogP contribution in [0.5, 0.6) is 0 Å². The Morgan fingerprint density at radius 2 is 1.90 bits per heavy atom. The zero-order valence-corrected chi connectivity index (χ0v) is 14.1. The lowest BCUT2D eigenvalue weighted by atomic mass is 10.1. The maximum Gasteiger partial charge on any atom is 0.228 e. The molecule has 0 aliphatic rings. The summed E-state index contributed by atoms with van der Waals surface area (Å²) in [5.41, 5.74) is 7.86. The van der Waals surface area contributed by atoms with E-state index < -0.39 is 0 Å². The molecule has 2 rings (SSSR count). The molecule has 0 saturated heterocycles. The predicted molar refractivity (Wildman–Crippen MR) is 93.8 cm³/mol. The van der Waals surface area contributed by atoms with Crippen molar-refractivity contribution in [3.8, 4) is 0 Å². The van der Waals surface area contributed by atoms with Gasteiger partial charge in [-0.25, -0.2) is 0 Å². The van der Waals surface area contributed by atoms with Gasteiger partial charge in [-0.2, -0.15) is 0 Å². The summed E-state index contributed by atoms with van der Waals surface area (Å²) in [5, 5.41) is 3.35. The van der Waals surface area contributed by atoms with Crippen LogP contribution < -0.4 is 11.1 Å². The van der Waals surface area contributed by atoms with Crippen molar-refractivity contribution in [3.63, 3.8) is 0 Å². The first-order chi connectivity index (χ1) is 9.95. The molecule has 0 aliphatic carbocycles. The highest BCUT2D eigenvalue weighted by Gasteiger charge is 2.06. The van der Waals surface area contributed by atoms with E-state index in [1.165, 1.54) is 0 Å². The molecule has 0 radical (unpaired) electrons. The van der Waals surface area contributed by atoms with Crippen LogP contribution in [-0.2, 0) is 11.2 Å². The standard InChI is InChI=1S/C15H12BrClN2OS/c16-12-6-5-11(8-13(12)17)19-14(20)7-9-1-3-10(4-2-9)15(18)21/h1-6,8H,7H2,(H2,18,21)(H,19,20). The summed E-state index contributed by atoms with van der Waals surface area (Å²) in [4.78, 5) is 12.3. The van der Waals surface area contributed by atoms with Crippen LogP contribution in [0.4, 0.5) is 5.69 Å². The summed E-state index contributed by atoms with van der Waals surface area (Å²) in [6, 6.07) is 12.5. The minimum atomic E-state index is -0.114. The van der Waals surface area contributed by atoms with E-state index in [4.69, 9.17) is 29.6 Å². The van der Waals surface area contributed by atoms with Crippen molar-refractivity contribution in [1.82, 2.24) is 0 Å². The highest BCUT2D eigenvalue weighted by atomic mass is 79.9. The predicted octanol–water partition coefficient (Wildman–Crippen LogP) is 3.92. The topological polar surface area (TPSA) is 55.1 Å². The molecule has 1 amide bonds. The van der Waals surface area contributed by atoms with Crippen LogP contribution >= 0.6 is 39.7 Å². The molecule has 108 valence electrons. The molecule has 3 nitrogen and oxygen atoms in total. The average molecular weight is 384 g/mol. The van der Waals surface area contributed by atoms with Crippen LogP contribution in [0.1, 0.15) is 11.1 Å².